The van der Waals surface area contributed by atoms with Crippen molar-refractivity contribution in [3.05, 3.63) is 29.8 Å². The van der Waals surface area contributed by atoms with Crippen molar-refractivity contribution in [2.75, 3.05) is 39.3 Å². The molecule has 1 aromatic rings. The summed E-state index contributed by atoms with van der Waals surface area (Å²) < 4.78 is 11.9. The van der Waals surface area contributed by atoms with Gasteiger partial charge in [0.2, 0.25) is 5.91 Å². The van der Waals surface area contributed by atoms with Crippen molar-refractivity contribution in [2.45, 2.75) is 45.3 Å². The molecule has 2 saturated heterocycles. The molecule has 0 aliphatic carbocycles. The first-order chi connectivity index (χ1) is 12.1. The monoisotopic (exact) mass is 346 g/mol. The number of rotatable bonds is 6. The average molecular weight is 346 g/mol. The number of hydrogen-bond acceptors (Lipinski definition) is 4. The second-order valence-electron chi connectivity index (χ2n) is 7.05. The van der Waals surface area contributed by atoms with E-state index in [4.69, 9.17) is 9.47 Å². The van der Waals surface area contributed by atoms with Gasteiger partial charge in [-0.3, -0.25) is 9.69 Å². The first-order valence-electron chi connectivity index (χ1n) is 9.49. The lowest BCUT2D eigenvalue weighted by atomic mass is 10.1. The molecule has 2 atom stereocenters. The lowest BCUT2D eigenvalue weighted by molar-refractivity contribution is -0.130. The van der Waals surface area contributed by atoms with E-state index in [1.54, 1.807) is 6.92 Å². The van der Waals surface area contributed by atoms with Gasteiger partial charge in [0.25, 0.3) is 0 Å². The fourth-order valence-electron chi connectivity index (χ4n) is 3.79. The maximum atomic E-state index is 11.4. The normalized spacial score (nSPS) is 24.5. The number of piperazine rings is 1. The number of benzene rings is 1. The van der Waals surface area contributed by atoms with Gasteiger partial charge in [0.15, 0.2) is 0 Å². The van der Waals surface area contributed by atoms with Crippen LogP contribution < -0.4 is 4.74 Å². The van der Waals surface area contributed by atoms with E-state index >= 15 is 0 Å². The number of nitrogens with zero attached hydrogens (tertiary/aromatic N) is 2. The second kappa shape index (κ2) is 8.68. The van der Waals surface area contributed by atoms with Crippen molar-refractivity contribution in [1.29, 1.82) is 0 Å². The van der Waals surface area contributed by atoms with Crippen LogP contribution in [-0.2, 0) is 16.0 Å². The summed E-state index contributed by atoms with van der Waals surface area (Å²) in [6.07, 6.45) is 3.83. The quantitative estimate of drug-likeness (QED) is 0.793. The van der Waals surface area contributed by atoms with E-state index in [0.29, 0.717) is 18.8 Å². The third-order valence-electron chi connectivity index (χ3n) is 5.15. The first-order valence-corrected chi connectivity index (χ1v) is 9.49. The van der Waals surface area contributed by atoms with Crippen LogP contribution in [0.3, 0.4) is 0 Å². The predicted molar refractivity (Wildman–Crippen MR) is 97.9 cm³/mol. The number of amides is 1. The summed E-state index contributed by atoms with van der Waals surface area (Å²) in [6.45, 7) is 8.95. The minimum Gasteiger partial charge on any atom is -0.494 e. The van der Waals surface area contributed by atoms with E-state index in [0.717, 1.165) is 57.7 Å². The SMILES string of the molecule is CCOc1cccc(C[C@H]2CC[C@@H](CN3CCN(C(C)=O)CC3)O2)c1. The van der Waals surface area contributed by atoms with Gasteiger partial charge in [-0.25, -0.2) is 0 Å². The number of carbonyl (C=O) groups excluding carboxylic acids is 1. The van der Waals surface area contributed by atoms with Gasteiger partial charge in [-0.05, 0) is 43.9 Å². The van der Waals surface area contributed by atoms with Gasteiger partial charge >= 0.3 is 0 Å². The van der Waals surface area contributed by atoms with Gasteiger partial charge in [0.05, 0.1) is 18.8 Å². The fraction of sp³-hybridized carbons (Fsp3) is 0.650. The van der Waals surface area contributed by atoms with Gasteiger partial charge in [-0.1, -0.05) is 12.1 Å². The van der Waals surface area contributed by atoms with Gasteiger partial charge in [0.1, 0.15) is 5.75 Å². The summed E-state index contributed by atoms with van der Waals surface area (Å²) in [4.78, 5) is 15.8. The molecule has 0 unspecified atom stereocenters. The van der Waals surface area contributed by atoms with E-state index in [9.17, 15) is 4.79 Å². The molecule has 5 nitrogen and oxygen atoms in total. The average Bonchev–Trinajstić information content (AvgIpc) is 3.03. The van der Waals surface area contributed by atoms with Gasteiger partial charge in [0, 0.05) is 39.6 Å². The molecule has 3 rings (SSSR count). The Kier molecular flexibility index (Phi) is 6.32. The van der Waals surface area contributed by atoms with Gasteiger partial charge in [-0.2, -0.15) is 0 Å². The molecule has 2 heterocycles. The Labute approximate surface area is 150 Å². The zero-order valence-corrected chi connectivity index (χ0v) is 15.4. The highest BCUT2D eigenvalue weighted by molar-refractivity contribution is 5.73. The molecule has 0 N–H and O–H groups in total. The Bertz CT molecular complexity index is 570. The Morgan fingerprint density at radius 3 is 2.68 bits per heavy atom. The van der Waals surface area contributed by atoms with Crippen LogP contribution >= 0.6 is 0 Å². The molecule has 0 bridgehead atoms. The Morgan fingerprint density at radius 2 is 1.96 bits per heavy atom. The molecule has 0 radical (unpaired) electrons. The summed E-state index contributed by atoms with van der Waals surface area (Å²) >= 11 is 0. The van der Waals surface area contributed by atoms with Crippen LogP contribution in [-0.4, -0.2) is 67.2 Å². The highest BCUT2D eigenvalue weighted by Gasteiger charge is 2.28. The van der Waals surface area contributed by atoms with E-state index in [2.05, 4.69) is 23.1 Å². The minimum atomic E-state index is 0.186. The summed E-state index contributed by atoms with van der Waals surface area (Å²) in [5, 5.41) is 0. The highest BCUT2D eigenvalue weighted by Crippen LogP contribution is 2.25. The van der Waals surface area contributed by atoms with Crippen LogP contribution in [0.15, 0.2) is 24.3 Å². The molecule has 1 amide bonds. The third kappa shape index (κ3) is 5.19. The van der Waals surface area contributed by atoms with Crippen molar-refractivity contribution in [1.82, 2.24) is 9.80 Å². The van der Waals surface area contributed by atoms with E-state index < -0.39 is 0 Å². The van der Waals surface area contributed by atoms with Crippen LogP contribution in [0, 0.1) is 0 Å². The van der Waals surface area contributed by atoms with E-state index in [1.165, 1.54) is 5.56 Å². The van der Waals surface area contributed by atoms with Crippen molar-refractivity contribution in [3.63, 3.8) is 0 Å². The molecule has 2 aliphatic heterocycles. The summed E-state index contributed by atoms with van der Waals surface area (Å²) in [7, 11) is 0. The standard InChI is InChI=1S/C20H30N2O3/c1-3-24-18-6-4-5-17(13-18)14-19-7-8-20(25-19)15-21-9-11-22(12-10-21)16(2)23/h4-6,13,19-20H,3,7-12,14-15H2,1-2H3/t19-,20+/m1/s1. The Hall–Kier alpha value is -1.59. The molecule has 0 spiro atoms. The van der Waals surface area contributed by atoms with Crippen molar-refractivity contribution >= 4 is 5.91 Å². The van der Waals surface area contributed by atoms with Crippen LogP contribution in [0.25, 0.3) is 0 Å². The molecule has 2 aliphatic rings. The molecule has 25 heavy (non-hydrogen) atoms. The first kappa shape index (κ1) is 18.2. The van der Waals surface area contributed by atoms with Crippen LogP contribution in [0.1, 0.15) is 32.3 Å². The predicted octanol–water partition coefficient (Wildman–Crippen LogP) is 2.34. The lowest BCUT2D eigenvalue weighted by Crippen LogP contribution is -2.49. The third-order valence-corrected chi connectivity index (χ3v) is 5.15. The van der Waals surface area contributed by atoms with Crippen molar-refractivity contribution in [2.24, 2.45) is 0 Å². The Balaban J connectivity index is 1.43. The maximum absolute atomic E-state index is 11.4. The summed E-state index contributed by atoms with van der Waals surface area (Å²) in [6, 6.07) is 8.34. The smallest absolute Gasteiger partial charge is 0.219 e. The summed E-state index contributed by atoms with van der Waals surface area (Å²) in [5.74, 6) is 1.13. The minimum absolute atomic E-state index is 0.186. The molecule has 5 heteroatoms. The van der Waals surface area contributed by atoms with Crippen LogP contribution in [0.2, 0.25) is 0 Å². The van der Waals surface area contributed by atoms with Crippen molar-refractivity contribution in [3.8, 4) is 5.75 Å². The number of ether oxygens (including phenoxy) is 2. The Morgan fingerprint density at radius 1 is 1.20 bits per heavy atom. The lowest BCUT2D eigenvalue weighted by Gasteiger charge is -2.35. The fourth-order valence-corrected chi connectivity index (χ4v) is 3.79. The van der Waals surface area contributed by atoms with Gasteiger partial charge < -0.3 is 14.4 Å². The molecule has 0 saturated carbocycles. The van der Waals surface area contributed by atoms with E-state index in [1.807, 2.05) is 17.9 Å². The van der Waals surface area contributed by atoms with Crippen LogP contribution in [0.5, 0.6) is 5.75 Å². The van der Waals surface area contributed by atoms with Crippen LogP contribution in [0.4, 0.5) is 0 Å². The highest BCUT2D eigenvalue weighted by atomic mass is 16.5. The van der Waals surface area contributed by atoms with Gasteiger partial charge in [-0.15, -0.1) is 0 Å². The second-order valence-corrected chi connectivity index (χ2v) is 7.05. The molecule has 1 aromatic carbocycles. The number of hydrogen-bond donors (Lipinski definition) is 0. The maximum Gasteiger partial charge on any atom is 0.219 e. The molecular formula is C20H30N2O3. The zero-order valence-electron chi connectivity index (χ0n) is 15.4. The molecule has 2 fully saturated rings. The van der Waals surface area contributed by atoms with Crippen molar-refractivity contribution < 1.29 is 14.3 Å². The molecule has 138 valence electrons. The molecule has 0 aromatic heterocycles. The zero-order chi connectivity index (χ0) is 17.6. The number of carbonyl (C=O) groups is 1. The van der Waals surface area contributed by atoms with E-state index in [-0.39, 0.29) is 5.91 Å². The topological polar surface area (TPSA) is 42.0 Å². The largest absolute Gasteiger partial charge is 0.494 e. The molecular weight excluding hydrogens is 316 g/mol. The summed E-state index contributed by atoms with van der Waals surface area (Å²) in [5.41, 5.74) is 1.28.